The highest BCUT2D eigenvalue weighted by Crippen LogP contribution is 2.25. The van der Waals surface area contributed by atoms with E-state index in [4.69, 9.17) is 5.11 Å². The lowest BCUT2D eigenvalue weighted by molar-refractivity contribution is 0.0690. The molecule has 2 nitrogen and oxygen atoms in total. The zero-order valence-electron chi connectivity index (χ0n) is 5.64. The topological polar surface area (TPSA) is 37.3 Å². The Hall–Kier alpha value is -0.420. The fourth-order valence-electron chi connectivity index (χ4n) is 0.723. The third-order valence-electron chi connectivity index (χ3n) is 1.26. The van der Waals surface area contributed by atoms with Crippen LogP contribution in [0.4, 0.5) is 4.39 Å². The van der Waals surface area contributed by atoms with E-state index in [1.807, 2.05) is 0 Å². The molecule has 1 aromatic rings. The Labute approximate surface area is 84.7 Å². The molecule has 0 aliphatic rings. The SMILES string of the molecule is O=C(O)c1c(Br)ccc(Br)c1F. The summed E-state index contributed by atoms with van der Waals surface area (Å²) in [6, 6.07) is 2.91. The minimum atomic E-state index is -1.29. The van der Waals surface area contributed by atoms with Crippen molar-refractivity contribution in [3.63, 3.8) is 0 Å². The molecule has 0 saturated heterocycles. The number of halogens is 3. The van der Waals surface area contributed by atoms with Gasteiger partial charge in [0.25, 0.3) is 0 Å². The van der Waals surface area contributed by atoms with Crippen LogP contribution in [0.2, 0.25) is 0 Å². The Morgan fingerprint density at radius 1 is 1.33 bits per heavy atom. The molecule has 0 aliphatic heterocycles. The molecule has 0 fully saturated rings. The monoisotopic (exact) mass is 296 g/mol. The zero-order chi connectivity index (χ0) is 9.30. The fourth-order valence-corrected chi connectivity index (χ4v) is 1.53. The molecule has 12 heavy (non-hydrogen) atoms. The van der Waals surface area contributed by atoms with Crippen LogP contribution in [0.1, 0.15) is 10.4 Å². The van der Waals surface area contributed by atoms with Crippen LogP contribution in [-0.2, 0) is 0 Å². The number of carboxylic acid groups (broad SMARTS) is 1. The van der Waals surface area contributed by atoms with Gasteiger partial charge >= 0.3 is 5.97 Å². The van der Waals surface area contributed by atoms with Crippen molar-refractivity contribution >= 4 is 37.8 Å². The van der Waals surface area contributed by atoms with Gasteiger partial charge in [-0.3, -0.25) is 0 Å². The number of rotatable bonds is 1. The minimum absolute atomic E-state index is 0.142. The molecule has 1 rings (SSSR count). The van der Waals surface area contributed by atoms with Gasteiger partial charge in [0.2, 0.25) is 0 Å². The molecular weight excluding hydrogens is 295 g/mol. The maximum atomic E-state index is 13.1. The number of benzene rings is 1. The number of carboxylic acids is 1. The average molecular weight is 298 g/mol. The van der Waals surface area contributed by atoms with Crippen molar-refractivity contribution in [2.45, 2.75) is 0 Å². The van der Waals surface area contributed by atoms with Crippen molar-refractivity contribution < 1.29 is 14.3 Å². The second kappa shape index (κ2) is 3.53. The lowest BCUT2D eigenvalue weighted by Crippen LogP contribution is -2.02. The predicted octanol–water partition coefficient (Wildman–Crippen LogP) is 3.05. The molecule has 0 atom stereocenters. The van der Waals surface area contributed by atoms with E-state index in [0.29, 0.717) is 0 Å². The average Bonchev–Trinajstić information content (AvgIpc) is 1.97. The highest BCUT2D eigenvalue weighted by Gasteiger charge is 2.16. The summed E-state index contributed by atoms with van der Waals surface area (Å²) >= 11 is 5.83. The second-order valence-electron chi connectivity index (χ2n) is 2.02. The Morgan fingerprint density at radius 2 is 1.83 bits per heavy atom. The van der Waals surface area contributed by atoms with Crippen LogP contribution in [0, 0.1) is 5.82 Å². The predicted molar refractivity (Wildman–Crippen MR) is 48.8 cm³/mol. The summed E-state index contributed by atoms with van der Waals surface area (Å²) in [6.45, 7) is 0. The maximum absolute atomic E-state index is 13.1. The molecule has 0 saturated carbocycles. The molecule has 5 heteroatoms. The summed E-state index contributed by atoms with van der Waals surface area (Å²) in [5.74, 6) is -2.06. The lowest BCUT2D eigenvalue weighted by atomic mass is 10.2. The van der Waals surface area contributed by atoms with Crippen LogP contribution in [0.25, 0.3) is 0 Å². The third-order valence-corrected chi connectivity index (χ3v) is 2.53. The normalized spacial score (nSPS) is 9.92. The van der Waals surface area contributed by atoms with Gasteiger partial charge in [-0.2, -0.15) is 0 Å². The van der Waals surface area contributed by atoms with Gasteiger partial charge in [0.1, 0.15) is 5.56 Å². The van der Waals surface area contributed by atoms with Crippen LogP contribution in [0.15, 0.2) is 21.1 Å². The number of aromatic carboxylic acids is 1. The van der Waals surface area contributed by atoms with Crippen molar-refractivity contribution in [2.75, 3.05) is 0 Å². The molecule has 0 aromatic heterocycles. The highest BCUT2D eigenvalue weighted by molar-refractivity contribution is 9.11. The van der Waals surface area contributed by atoms with Crippen LogP contribution >= 0.6 is 31.9 Å². The Kier molecular flexibility index (Phi) is 2.85. The molecule has 1 aromatic carbocycles. The second-order valence-corrected chi connectivity index (χ2v) is 3.73. The Bertz CT molecular complexity index is 338. The van der Waals surface area contributed by atoms with E-state index in [1.54, 1.807) is 0 Å². The quantitative estimate of drug-likeness (QED) is 0.809. The van der Waals surface area contributed by atoms with Gasteiger partial charge < -0.3 is 5.11 Å². The molecule has 0 amide bonds. The Balaban J connectivity index is 3.43. The smallest absolute Gasteiger partial charge is 0.339 e. The summed E-state index contributed by atoms with van der Waals surface area (Å²) in [5, 5.41) is 8.58. The van der Waals surface area contributed by atoms with E-state index < -0.39 is 11.8 Å². The lowest BCUT2D eigenvalue weighted by Gasteiger charge is -2.01. The van der Waals surface area contributed by atoms with E-state index in [1.165, 1.54) is 12.1 Å². The van der Waals surface area contributed by atoms with Gasteiger partial charge in [-0.1, -0.05) is 0 Å². The molecular formula is C7H3Br2FO2. The van der Waals surface area contributed by atoms with Gasteiger partial charge in [-0.05, 0) is 44.0 Å². The van der Waals surface area contributed by atoms with E-state index in [2.05, 4.69) is 31.9 Å². The molecule has 0 spiro atoms. The van der Waals surface area contributed by atoms with Gasteiger partial charge in [-0.25, -0.2) is 9.18 Å². The minimum Gasteiger partial charge on any atom is -0.478 e. The van der Waals surface area contributed by atoms with E-state index in [9.17, 15) is 9.18 Å². The summed E-state index contributed by atoms with van der Waals surface area (Å²) in [5.41, 5.74) is -0.357. The number of hydrogen-bond donors (Lipinski definition) is 1. The summed E-state index contributed by atoms with van der Waals surface area (Å²) in [7, 11) is 0. The van der Waals surface area contributed by atoms with Crippen LogP contribution in [-0.4, -0.2) is 11.1 Å². The molecule has 0 heterocycles. The first-order valence-electron chi connectivity index (χ1n) is 2.91. The Morgan fingerprint density at radius 3 is 2.25 bits per heavy atom. The van der Waals surface area contributed by atoms with E-state index in [-0.39, 0.29) is 14.5 Å². The van der Waals surface area contributed by atoms with Crippen LogP contribution in [0.3, 0.4) is 0 Å². The first-order valence-corrected chi connectivity index (χ1v) is 4.49. The van der Waals surface area contributed by atoms with Gasteiger partial charge in [-0.15, -0.1) is 0 Å². The van der Waals surface area contributed by atoms with Crippen LogP contribution < -0.4 is 0 Å². The molecule has 0 bridgehead atoms. The van der Waals surface area contributed by atoms with Crippen molar-refractivity contribution in [3.8, 4) is 0 Å². The number of hydrogen-bond acceptors (Lipinski definition) is 1. The van der Waals surface area contributed by atoms with Crippen molar-refractivity contribution in [2.24, 2.45) is 0 Å². The molecule has 64 valence electrons. The fraction of sp³-hybridized carbons (Fsp3) is 0. The summed E-state index contributed by atoms with van der Waals surface area (Å²) in [6.07, 6.45) is 0. The first-order chi connectivity index (χ1) is 5.54. The third kappa shape index (κ3) is 1.67. The van der Waals surface area contributed by atoms with Gasteiger partial charge in [0.05, 0.1) is 4.47 Å². The number of carbonyl (C=O) groups is 1. The molecule has 0 unspecified atom stereocenters. The molecule has 1 N–H and O–H groups in total. The maximum Gasteiger partial charge on any atom is 0.339 e. The van der Waals surface area contributed by atoms with E-state index >= 15 is 0 Å². The molecule has 0 radical (unpaired) electrons. The van der Waals surface area contributed by atoms with E-state index in [0.717, 1.165) is 0 Å². The van der Waals surface area contributed by atoms with Crippen molar-refractivity contribution in [1.29, 1.82) is 0 Å². The van der Waals surface area contributed by atoms with Crippen molar-refractivity contribution in [1.82, 2.24) is 0 Å². The summed E-state index contributed by atoms with van der Waals surface area (Å²) < 4.78 is 13.4. The van der Waals surface area contributed by atoms with Gasteiger partial charge in [0, 0.05) is 4.47 Å². The van der Waals surface area contributed by atoms with Gasteiger partial charge in [0.15, 0.2) is 5.82 Å². The van der Waals surface area contributed by atoms with Crippen molar-refractivity contribution in [3.05, 3.63) is 32.5 Å². The molecule has 0 aliphatic carbocycles. The largest absolute Gasteiger partial charge is 0.478 e. The van der Waals surface area contributed by atoms with Crippen LogP contribution in [0.5, 0.6) is 0 Å². The summed E-state index contributed by atoms with van der Waals surface area (Å²) in [4.78, 5) is 10.5. The standard InChI is InChI=1S/C7H3Br2FO2/c8-3-1-2-4(9)6(10)5(3)7(11)12/h1-2H,(H,11,12). The first kappa shape index (κ1) is 9.67. The zero-order valence-corrected chi connectivity index (χ0v) is 8.82. The highest BCUT2D eigenvalue weighted by atomic mass is 79.9.